The molecule has 0 unspecified atom stereocenters. The topological polar surface area (TPSA) is 53.5 Å². The largest absolute Gasteiger partial charge is 0.493 e. The van der Waals surface area contributed by atoms with Crippen molar-refractivity contribution in [3.05, 3.63) is 66.1 Å². The average molecular weight is 439 g/mol. The molecule has 3 rings (SSSR count). The summed E-state index contributed by atoms with van der Waals surface area (Å²) in [5.41, 5.74) is 3.90. The van der Waals surface area contributed by atoms with Gasteiger partial charge in [-0.25, -0.2) is 4.98 Å². The van der Waals surface area contributed by atoms with Crippen molar-refractivity contribution in [2.24, 2.45) is 0 Å². The second-order valence-corrected chi connectivity index (χ2v) is 7.53. The number of nitrogens with zero attached hydrogens (tertiary/aromatic N) is 2. The van der Waals surface area contributed by atoms with E-state index >= 15 is 0 Å². The lowest BCUT2D eigenvalue weighted by Crippen LogP contribution is -1.97. The van der Waals surface area contributed by atoms with Crippen LogP contribution in [0.4, 0.5) is 0 Å². The monoisotopic (exact) mass is 438 g/mol. The lowest BCUT2D eigenvalue weighted by molar-refractivity contribution is 0.324. The predicted octanol–water partition coefficient (Wildman–Crippen LogP) is 7.09. The molecule has 5 heteroatoms. The summed E-state index contributed by atoms with van der Waals surface area (Å²) >= 11 is 0. The molecule has 0 saturated carbocycles. The van der Waals surface area contributed by atoms with Crippen molar-refractivity contribution in [1.29, 1.82) is 0 Å². The summed E-state index contributed by atoms with van der Waals surface area (Å²) in [6, 6.07) is 14.2. The van der Waals surface area contributed by atoms with Gasteiger partial charge in [-0.2, -0.15) is 0 Å². The number of aryl methyl sites for hydroxylation is 1. The Kier molecular flexibility index (Phi) is 12.5. The molecule has 2 aromatic carbocycles. The molecule has 0 aliphatic rings. The third-order valence-electron chi connectivity index (χ3n) is 4.68. The number of methoxy groups -OCH3 is 3. The van der Waals surface area contributed by atoms with Gasteiger partial charge in [-0.05, 0) is 30.5 Å². The summed E-state index contributed by atoms with van der Waals surface area (Å²) in [5, 5.41) is 0. The number of ether oxygens (including phenoxy) is 3. The third-order valence-corrected chi connectivity index (χ3v) is 4.68. The van der Waals surface area contributed by atoms with Crippen molar-refractivity contribution in [3.63, 3.8) is 0 Å². The molecule has 32 heavy (non-hydrogen) atoms. The van der Waals surface area contributed by atoms with E-state index in [1.165, 1.54) is 18.4 Å². The average Bonchev–Trinajstić information content (AvgIpc) is 2.84. The van der Waals surface area contributed by atoms with Crippen molar-refractivity contribution >= 4 is 0 Å². The zero-order valence-electron chi connectivity index (χ0n) is 20.8. The van der Waals surface area contributed by atoms with E-state index in [1.807, 2.05) is 25.1 Å². The van der Waals surface area contributed by atoms with Crippen molar-refractivity contribution in [2.45, 2.75) is 53.4 Å². The minimum Gasteiger partial charge on any atom is -0.493 e. The van der Waals surface area contributed by atoms with Crippen molar-refractivity contribution in [2.75, 3.05) is 21.3 Å². The van der Waals surface area contributed by atoms with Gasteiger partial charge in [-0.3, -0.25) is 4.98 Å². The van der Waals surface area contributed by atoms with E-state index in [0.717, 1.165) is 17.0 Å². The van der Waals surface area contributed by atoms with Crippen molar-refractivity contribution in [3.8, 4) is 28.5 Å². The standard InChI is InChI=1S/C14H16N2O3.C9H12.C4H10/c1-9-7-15-8-11(16-9)10-5-12(17-2)14(19-4)13(6-10)18-3;1-8(2)9-6-4-3-5-7-9;1-3-4-2/h5-8H,1-4H3;3-8H,1-2H3;3-4H2,1-2H3. The summed E-state index contributed by atoms with van der Waals surface area (Å²) in [6.45, 7) is 10.7. The highest BCUT2D eigenvalue weighted by Crippen LogP contribution is 2.40. The molecule has 0 fully saturated rings. The van der Waals surface area contributed by atoms with Gasteiger partial charge in [0.15, 0.2) is 11.5 Å². The van der Waals surface area contributed by atoms with E-state index in [2.05, 4.69) is 61.9 Å². The Hall–Kier alpha value is -3.08. The van der Waals surface area contributed by atoms with Gasteiger partial charge >= 0.3 is 0 Å². The molecule has 0 bridgehead atoms. The van der Waals surface area contributed by atoms with E-state index in [-0.39, 0.29) is 0 Å². The van der Waals surface area contributed by atoms with Crippen LogP contribution in [-0.4, -0.2) is 31.3 Å². The minimum absolute atomic E-state index is 0.564. The number of hydrogen-bond acceptors (Lipinski definition) is 5. The van der Waals surface area contributed by atoms with Crippen LogP contribution in [0.3, 0.4) is 0 Å². The number of aromatic nitrogens is 2. The normalized spacial score (nSPS) is 9.78. The summed E-state index contributed by atoms with van der Waals surface area (Å²) in [7, 11) is 4.75. The zero-order chi connectivity index (χ0) is 23.9. The zero-order valence-corrected chi connectivity index (χ0v) is 20.8. The number of rotatable bonds is 6. The van der Waals surface area contributed by atoms with Gasteiger partial charge in [0.05, 0.1) is 38.9 Å². The highest BCUT2D eigenvalue weighted by molar-refractivity contribution is 5.68. The number of benzene rings is 2. The van der Waals surface area contributed by atoms with Crippen LogP contribution in [0.1, 0.15) is 57.7 Å². The first-order chi connectivity index (χ1) is 15.4. The fourth-order valence-electron chi connectivity index (χ4n) is 2.67. The van der Waals surface area contributed by atoms with Crippen LogP contribution in [0.25, 0.3) is 11.3 Å². The Morgan fingerprint density at radius 2 is 1.38 bits per heavy atom. The first kappa shape index (κ1) is 27.0. The summed E-state index contributed by atoms with van der Waals surface area (Å²) < 4.78 is 15.9. The second kappa shape index (κ2) is 14.8. The molecule has 0 atom stereocenters. The van der Waals surface area contributed by atoms with Gasteiger partial charge < -0.3 is 14.2 Å². The van der Waals surface area contributed by atoms with Crippen LogP contribution < -0.4 is 14.2 Å². The maximum absolute atomic E-state index is 5.32. The molecule has 1 heterocycles. The van der Waals surface area contributed by atoms with E-state index in [0.29, 0.717) is 23.2 Å². The Morgan fingerprint density at radius 1 is 0.812 bits per heavy atom. The summed E-state index contributed by atoms with van der Waals surface area (Å²) in [5.74, 6) is 2.42. The molecule has 0 N–H and O–H groups in total. The molecule has 1 aromatic heterocycles. The molecule has 0 radical (unpaired) electrons. The van der Waals surface area contributed by atoms with E-state index in [1.54, 1.807) is 33.7 Å². The molecule has 0 amide bonds. The van der Waals surface area contributed by atoms with E-state index in [4.69, 9.17) is 14.2 Å². The van der Waals surface area contributed by atoms with Crippen LogP contribution in [0, 0.1) is 6.92 Å². The molecular formula is C27H38N2O3. The number of unbranched alkanes of at least 4 members (excludes halogenated alkanes) is 1. The Morgan fingerprint density at radius 3 is 1.75 bits per heavy atom. The van der Waals surface area contributed by atoms with Crippen molar-refractivity contribution < 1.29 is 14.2 Å². The maximum atomic E-state index is 5.32. The third kappa shape index (κ3) is 8.58. The van der Waals surface area contributed by atoms with Gasteiger partial charge in [-0.15, -0.1) is 0 Å². The SMILES string of the molecule is CC(C)c1ccccc1.CCCC.COc1cc(-c2cncc(C)n2)cc(OC)c1OC. The van der Waals surface area contributed by atoms with Crippen LogP contribution in [-0.2, 0) is 0 Å². The predicted molar refractivity (Wildman–Crippen MR) is 133 cm³/mol. The van der Waals surface area contributed by atoms with Gasteiger partial charge in [0.2, 0.25) is 5.75 Å². The first-order valence-corrected chi connectivity index (χ1v) is 11.1. The van der Waals surface area contributed by atoms with E-state index in [9.17, 15) is 0 Å². The quantitative estimate of drug-likeness (QED) is 0.411. The molecule has 174 valence electrons. The Balaban J connectivity index is 0.000000326. The molecule has 0 aliphatic heterocycles. The van der Waals surface area contributed by atoms with Crippen LogP contribution in [0.5, 0.6) is 17.2 Å². The fourth-order valence-corrected chi connectivity index (χ4v) is 2.67. The lowest BCUT2D eigenvalue weighted by Gasteiger charge is -2.13. The first-order valence-electron chi connectivity index (χ1n) is 11.1. The van der Waals surface area contributed by atoms with Crippen LogP contribution >= 0.6 is 0 Å². The summed E-state index contributed by atoms with van der Waals surface area (Å²) in [4.78, 5) is 8.57. The molecule has 0 aliphatic carbocycles. The maximum Gasteiger partial charge on any atom is 0.203 e. The Bertz CT molecular complexity index is 885. The number of hydrogen-bond donors (Lipinski definition) is 0. The lowest BCUT2D eigenvalue weighted by atomic mass is 10.0. The molecule has 3 aromatic rings. The smallest absolute Gasteiger partial charge is 0.203 e. The second-order valence-electron chi connectivity index (χ2n) is 7.53. The van der Waals surface area contributed by atoms with Gasteiger partial charge in [-0.1, -0.05) is 70.9 Å². The van der Waals surface area contributed by atoms with Gasteiger partial charge in [0.1, 0.15) is 0 Å². The molecule has 0 saturated heterocycles. The minimum atomic E-state index is 0.564. The van der Waals surface area contributed by atoms with E-state index < -0.39 is 0 Å². The highest BCUT2D eigenvalue weighted by Gasteiger charge is 2.14. The highest BCUT2D eigenvalue weighted by atomic mass is 16.5. The van der Waals surface area contributed by atoms with Gasteiger partial charge in [0, 0.05) is 11.8 Å². The Labute approximate surface area is 193 Å². The van der Waals surface area contributed by atoms with Crippen molar-refractivity contribution in [1.82, 2.24) is 9.97 Å². The van der Waals surface area contributed by atoms with Gasteiger partial charge in [0.25, 0.3) is 0 Å². The molecule has 5 nitrogen and oxygen atoms in total. The molecule has 0 spiro atoms. The van der Waals surface area contributed by atoms with Crippen LogP contribution in [0.2, 0.25) is 0 Å². The summed E-state index contributed by atoms with van der Waals surface area (Å²) in [6.07, 6.45) is 6.05. The van der Waals surface area contributed by atoms with Crippen LogP contribution in [0.15, 0.2) is 54.9 Å². The fraction of sp³-hybridized carbons (Fsp3) is 0.407. The molecular weight excluding hydrogens is 400 g/mol.